The van der Waals surface area contributed by atoms with Gasteiger partial charge in [0.25, 0.3) is 5.91 Å². The summed E-state index contributed by atoms with van der Waals surface area (Å²) in [6.07, 6.45) is 1.45. The minimum Gasteiger partial charge on any atom is -0.357 e. The predicted octanol–water partition coefficient (Wildman–Crippen LogP) is 0.125. The van der Waals surface area contributed by atoms with Gasteiger partial charge >= 0.3 is 0 Å². The first-order chi connectivity index (χ1) is 5.74. The molecule has 0 atom stereocenters. The van der Waals surface area contributed by atoms with Gasteiger partial charge in [0.2, 0.25) is 0 Å². The van der Waals surface area contributed by atoms with Crippen molar-refractivity contribution >= 4 is 5.91 Å². The first-order valence-electron chi connectivity index (χ1n) is 3.71. The van der Waals surface area contributed by atoms with Crippen LogP contribution in [-0.4, -0.2) is 17.4 Å². The van der Waals surface area contributed by atoms with Crippen LogP contribution in [0.4, 0.5) is 0 Å². The monoisotopic (exact) mass is 166 g/mol. The normalized spacial score (nSPS) is 9.42. The van der Waals surface area contributed by atoms with Crippen LogP contribution in [0.1, 0.15) is 17.4 Å². The van der Waals surface area contributed by atoms with Gasteiger partial charge in [-0.15, -0.1) is 0 Å². The highest BCUT2D eigenvalue weighted by Gasteiger charge is 2.02. The van der Waals surface area contributed by atoms with E-state index in [-0.39, 0.29) is 11.3 Å². The number of amides is 1. The Morgan fingerprint density at radius 1 is 1.67 bits per heavy atom. The van der Waals surface area contributed by atoms with E-state index < -0.39 is 0 Å². The average Bonchev–Trinajstić information content (AvgIpc) is 2.05. The summed E-state index contributed by atoms with van der Waals surface area (Å²) in [6.45, 7) is 2.37. The van der Waals surface area contributed by atoms with Crippen molar-refractivity contribution in [2.24, 2.45) is 0 Å². The van der Waals surface area contributed by atoms with E-state index in [1.54, 1.807) is 0 Å². The lowest BCUT2D eigenvalue weighted by Crippen LogP contribution is -2.24. The maximum absolute atomic E-state index is 11.1. The lowest BCUT2D eigenvalue weighted by Gasteiger charge is -1.99. The first-order valence-corrected chi connectivity index (χ1v) is 3.71. The second-order valence-electron chi connectivity index (χ2n) is 2.30. The van der Waals surface area contributed by atoms with E-state index in [0.29, 0.717) is 12.2 Å². The Bertz CT molecular complexity index is 330. The maximum atomic E-state index is 11.1. The molecule has 1 aromatic heterocycles. The molecule has 4 heteroatoms. The number of hydrogen-bond acceptors (Lipinski definition) is 2. The highest BCUT2D eigenvalue weighted by atomic mass is 16.2. The van der Waals surface area contributed by atoms with Gasteiger partial charge in [-0.3, -0.25) is 9.59 Å². The Kier molecular flexibility index (Phi) is 2.63. The average molecular weight is 166 g/mol. The number of hydrogen-bond donors (Lipinski definition) is 2. The molecule has 0 aliphatic rings. The Morgan fingerprint density at radius 2 is 2.42 bits per heavy atom. The van der Waals surface area contributed by atoms with E-state index >= 15 is 0 Å². The van der Waals surface area contributed by atoms with E-state index in [4.69, 9.17) is 0 Å². The zero-order chi connectivity index (χ0) is 8.97. The van der Waals surface area contributed by atoms with Crippen molar-refractivity contribution in [3.05, 3.63) is 34.2 Å². The predicted molar refractivity (Wildman–Crippen MR) is 45.1 cm³/mol. The largest absolute Gasteiger partial charge is 0.357 e. The second kappa shape index (κ2) is 3.71. The number of pyridine rings is 1. The zero-order valence-electron chi connectivity index (χ0n) is 6.76. The molecule has 12 heavy (non-hydrogen) atoms. The van der Waals surface area contributed by atoms with Crippen molar-refractivity contribution in [3.63, 3.8) is 0 Å². The Morgan fingerprint density at radius 3 is 3.00 bits per heavy atom. The Balaban J connectivity index is 2.88. The summed E-state index contributed by atoms with van der Waals surface area (Å²) in [5.74, 6) is -0.254. The molecule has 0 aliphatic carbocycles. The molecule has 0 unspecified atom stereocenters. The minimum atomic E-state index is -0.254. The van der Waals surface area contributed by atoms with Crippen LogP contribution in [-0.2, 0) is 0 Å². The smallest absolute Gasteiger partial charge is 0.267 e. The van der Waals surface area contributed by atoms with Gasteiger partial charge in [0.05, 0.1) is 0 Å². The molecule has 0 saturated carbocycles. The molecule has 1 rings (SSSR count). The number of nitrogens with one attached hydrogen (secondary N) is 2. The SMILES string of the molecule is CCNC(=O)c1cc(=O)cc[nH]1. The molecule has 0 aromatic carbocycles. The molecule has 0 radical (unpaired) electrons. The van der Waals surface area contributed by atoms with Crippen LogP contribution < -0.4 is 10.7 Å². The van der Waals surface area contributed by atoms with Gasteiger partial charge in [0.15, 0.2) is 5.43 Å². The van der Waals surface area contributed by atoms with Crippen LogP contribution in [0.25, 0.3) is 0 Å². The number of rotatable bonds is 2. The molecule has 1 aromatic rings. The Hall–Kier alpha value is -1.58. The number of carbonyl (C=O) groups is 1. The molecule has 64 valence electrons. The molecular formula is C8H10N2O2. The molecule has 4 nitrogen and oxygen atoms in total. The van der Waals surface area contributed by atoms with Crippen LogP contribution in [0, 0.1) is 0 Å². The third-order valence-corrected chi connectivity index (χ3v) is 1.35. The van der Waals surface area contributed by atoms with Gasteiger partial charge in [-0.25, -0.2) is 0 Å². The van der Waals surface area contributed by atoms with E-state index in [0.717, 1.165) is 0 Å². The second-order valence-corrected chi connectivity index (χ2v) is 2.30. The number of H-pyrrole nitrogens is 1. The van der Waals surface area contributed by atoms with Crippen LogP contribution in [0.2, 0.25) is 0 Å². The Labute approximate surface area is 69.6 Å². The molecule has 2 N–H and O–H groups in total. The molecule has 0 fully saturated rings. The summed E-state index contributed by atoms with van der Waals surface area (Å²) in [5, 5.41) is 2.58. The fourth-order valence-corrected chi connectivity index (χ4v) is 0.832. The molecule has 0 spiro atoms. The summed E-state index contributed by atoms with van der Waals surface area (Å²) < 4.78 is 0. The van der Waals surface area contributed by atoms with Gasteiger partial charge in [-0.05, 0) is 6.92 Å². The van der Waals surface area contributed by atoms with Gasteiger partial charge in [-0.1, -0.05) is 0 Å². The number of aromatic amines is 1. The quantitative estimate of drug-likeness (QED) is 0.655. The van der Waals surface area contributed by atoms with Crippen LogP contribution in [0.15, 0.2) is 23.1 Å². The van der Waals surface area contributed by atoms with Crippen molar-refractivity contribution in [1.29, 1.82) is 0 Å². The fraction of sp³-hybridized carbons (Fsp3) is 0.250. The van der Waals surface area contributed by atoms with E-state index in [9.17, 15) is 9.59 Å². The van der Waals surface area contributed by atoms with Crippen molar-refractivity contribution < 1.29 is 4.79 Å². The molecule has 0 saturated heterocycles. The standard InChI is InChI=1S/C8H10N2O2/c1-2-9-8(12)7-5-6(11)3-4-10-7/h3-5H,2H2,1H3,(H,9,12)(H,10,11). The van der Waals surface area contributed by atoms with Gasteiger partial charge in [0, 0.05) is 24.9 Å². The summed E-state index contributed by atoms with van der Waals surface area (Å²) in [4.78, 5) is 24.6. The molecule has 0 aliphatic heterocycles. The van der Waals surface area contributed by atoms with E-state index in [2.05, 4.69) is 10.3 Å². The molecule has 1 heterocycles. The summed E-state index contributed by atoms with van der Waals surface area (Å²) in [5.41, 5.74) is 0.124. The summed E-state index contributed by atoms with van der Waals surface area (Å²) in [6, 6.07) is 2.63. The van der Waals surface area contributed by atoms with Crippen molar-refractivity contribution in [2.45, 2.75) is 6.92 Å². The first kappa shape index (κ1) is 8.52. The van der Waals surface area contributed by atoms with Crippen molar-refractivity contribution in [3.8, 4) is 0 Å². The number of aromatic nitrogens is 1. The maximum Gasteiger partial charge on any atom is 0.267 e. The summed E-state index contributed by atoms with van der Waals surface area (Å²) >= 11 is 0. The minimum absolute atomic E-state index is 0.171. The van der Waals surface area contributed by atoms with Crippen LogP contribution >= 0.6 is 0 Å². The highest BCUT2D eigenvalue weighted by molar-refractivity contribution is 5.92. The third-order valence-electron chi connectivity index (χ3n) is 1.35. The van der Waals surface area contributed by atoms with Crippen LogP contribution in [0.3, 0.4) is 0 Å². The van der Waals surface area contributed by atoms with Crippen molar-refractivity contribution in [1.82, 2.24) is 10.3 Å². The lowest BCUT2D eigenvalue weighted by atomic mass is 10.3. The third kappa shape index (κ3) is 1.95. The van der Waals surface area contributed by atoms with E-state index in [1.165, 1.54) is 18.3 Å². The topological polar surface area (TPSA) is 62.0 Å². The van der Waals surface area contributed by atoms with Crippen LogP contribution in [0.5, 0.6) is 0 Å². The summed E-state index contributed by atoms with van der Waals surface area (Å²) in [7, 11) is 0. The molecular weight excluding hydrogens is 156 g/mol. The molecule has 0 bridgehead atoms. The highest BCUT2D eigenvalue weighted by Crippen LogP contribution is 1.87. The van der Waals surface area contributed by atoms with E-state index in [1.807, 2.05) is 6.92 Å². The molecule has 1 amide bonds. The fourth-order valence-electron chi connectivity index (χ4n) is 0.832. The van der Waals surface area contributed by atoms with Gasteiger partial charge in [-0.2, -0.15) is 0 Å². The van der Waals surface area contributed by atoms with Gasteiger partial charge < -0.3 is 10.3 Å². The van der Waals surface area contributed by atoms with Gasteiger partial charge in [0.1, 0.15) is 5.69 Å². The number of carbonyl (C=O) groups excluding carboxylic acids is 1. The lowest BCUT2D eigenvalue weighted by molar-refractivity contribution is 0.0951. The van der Waals surface area contributed by atoms with Crippen molar-refractivity contribution in [2.75, 3.05) is 6.54 Å². The zero-order valence-corrected chi connectivity index (χ0v) is 6.76.